The zero-order chi connectivity index (χ0) is 14.5. The number of hydrogen-bond donors (Lipinski definition) is 2. The molecule has 0 aliphatic heterocycles. The number of para-hydroxylation sites is 1. The van der Waals surface area contributed by atoms with E-state index in [-0.39, 0.29) is 18.4 Å². The molecule has 0 unspecified atom stereocenters. The van der Waals surface area contributed by atoms with E-state index in [1.807, 2.05) is 31.2 Å². The maximum Gasteiger partial charge on any atom is 0.226 e. The molecule has 3 N–H and O–H groups in total. The fourth-order valence-corrected chi connectivity index (χ4v) is 2.53. The van der Waals surface area contributed by atoms with E-state index >= 15 is 0 Å². The number of benzene rings is 1. The number of ether oxygens (including phenoxy) is 1. The monoisotopic (exact) mass is 291 g/mol. The van der Waals surface area contributed by atoms with Crippen LogP contribution in [0.1, 0.15) is 24.2 Å². The lowest BCUT2D eigenvalue weighted by Gasteiger charge is -2.16. The van der Waals surface area contributed by atoms with Crippen molar-refractivity contribution in [2.24, 2.45) is 0 Å². The van der Waals surface area contributed by atoms with Crippen molar-refractivity contribution in [2.75, 3.05) is 12.8 Å². The van der Waals surface area contributed by atoms with Crippen molar-refractivity contribution in [1.82, 2.24) is 10.3 Å². The Morgan fingerprint density at radius 2 is 2.25 bits per heavy atom. The molecule has 1 amide bonds. The lowest BCUT2D eigenvalue weighted by Crippen LogP contribution is -2.28. The Bertz CT molecular complexity index is 598. The van der Waals surface area contributed by atoms with Gasteiger partial charge in [-0.2, -0.15) is 0 Å². The summed E-state index contributed by atoms with van der Waals surface area (Å²) >= 11 is 1.33. The van der Waals surface area contributed by atoms with Crippen molar-refractivity contribution in [1.29, 1.82) is 0 Å². The molecule has 1 aromatic carbocycles. The van der Waals surface area contributed by atoms with Crippen molar-refractivity contribution >= 4 is 22.4 Å². The molecule has 0 fully saturated rings. The Morgan fingerprint density at radius 3 is 2.90 bits per heavy atom. The molecule has 1 atom stereocenters. The zero-order valence-electron chi connectivity index (χ0n) is 11.4. The molecule has 0 spiro atoms. The molecule has 0 bridgehead atoms. The molecule has 5 nitrogen and oxygen atoms in total. The highest BCUT2D eigenvalue weighted by molar-refractivity contribution is 7.13. The predicted octanol–water partition coefficient (Wildman–Crippen LogP) is 2.15. The van der Waals surface area contributed by atoms with Gasteiger partial charge in [-0.1, -0.05) is 18.2 Å². The predicted molar refractivity (Wildman–Crippen MR) is 79.8 cm³/mol. The Hall–Kier alpha value is -2.08. The average Bonchev–Trinajstić information content (AvgIpc) is 2.83. The topological polar surface area (TPSA) is 77.2 Å². The Labute approximate surface area is 121 Å². The van der Waals surface area contributed by atoms with Gasteiger partial charge < -0.3 is 15.8 Å². The van der Waals surface area contributed by atoms with Crippen LogP contribution in [0.15, 0.2) is 29.6 Å². The van der Waals surface area contributed by atoms with Crippen LogP contribution >= 0.6 is 11.3 Å². The Kier molecular flexibility index (Phi) is 4.57. The maximum atomic E-state index is 12.0. The van der Waals surface area contributed by atoms with E-state index in [0.717, 1.165) is 11.3 Å². The Balaban J connectivity index is 2.00. The number of nitrogen functional groups attached to an aromatic ring is 1. The third kappa shape index (κ3) is 3.48. The molecule has 0 aliphatic carbocycles. The smallest absolute Gasteiger partial charge is 0.226 e. The van der Waals surface area contributed by atoms with Crippen LogP contribution in [0.25, 0.3) is 0 Å². The van der Waals surface area contributed by atoms with Gasteiger partial charge in [0.15, 0.2) is 5.13 Å². The largest absolute Gasteiger partial charge is 0.496 e. The minimum absolute atomic E-state index is 0.0892. The first-order valence-corrected chi connectivity index (χ1v) is 7.10. The lowest BCUT2D eigenvalue weighted by atomic mass is 10.1. The van der Waals surface area contributed by atoms with Gasteiger partial charge in [-0.25, -0.2) is 4.98 Å². The second-order valence-corrected chi connectivity index (χ2v) is 5.27. The van der Waals surface area contributed by atoms with Gasteiger partial charge in [-0.3, -0.25) is 4.79 Å². The molecule has 2 rings (SSSR count). The standard InChI is InChI=1S/C14H17N3O2S/c1-9(11-5-3-4-6-12(11)19-2)16-13(18)7-10-8-20-14(15)17-10/h3-6,8-9H,7H2,1-2H3,(H2,15,17)(H,16,18)/t9-/m1/s1. The molecular formula is C14H17N3O2S. The number of nitrogens with zero attached hydrogens (tertiary/aromatic N) is 1. The highest BCUT2D eigenvalue weighted by atomic mass is 32.1. The van der Waals surface area contributed by atoms with Crippen LogP contribution in [0.4, 0.5) is 5.13 Å². The van der Waals surface area contributed by atoms with Crippen molar-refractivity contribution in [2.45, 2.75) is 19.4 Å². The van der Waals surface area contributed by atoms with Gasteiger partial charge >= 0.3 is 0 Å². The summed E-state index contributed by atoms with van der Waals surface area (Å²) in [6.45, 7) is 1.92. The van der Waals surface area contributed by atoms with Gasteiger partial charge in [0.25, 0.3) is 0 Å². The van der Waals surface area contributed by atoms with E-state index in [1.54, 1.807) is 12.5 Å². The normalized spacial score (nSPS) is 11.9. The van der Waals surface area contributed by atoms with E-state index in [1.165, 1.54) is 11.3 Å². The molecular weight excluding hydrogens is 274 g/mol. The fourth-order valence-electron chi connectivity index (χ4n) is 1.96. The summed E-state index contributed by atoms with van der Waals surface area (Å²) in [6.07, 6.45) is 0.229. The third-order valence-electron chi connectivity index (χ3n) is 2.89. The number of hydrogen-bond acceptors (Lipinski definition) is 5. The highest BCUT2D eigenvalue weighted by Crippen LogP contribution is 2.24. The number of anilines is 1. The summed E-state index contributed by atoms with van der Waals surface area (Å²) in [4.78, 5) is 16.1. The fraction of sp³-hybridized carbons (Fsp3) is 0.286. The van der Waals surface area contributed by atoms with Crippen molar-refractivity contribution < 1.29 is 9.53 Å². The van der Waals surface area contributed by atoms with E-state index in [0.29, 0.717) is 10.8 Å². The van der Waals surface area contributed by atoms with Crippen molar-refractivity contribution in [3.63, 3.8) is 0 Å². The number of carbonyl (C=O) groups excluding carboxylic acids is 1. The van der Waals surface area contributed by atoms with Gasteiger partial charge in [0.1, 0.15) is 5.75 Å². The van der Waals surface area contributed by atoms with Gasteiger partial charge in [-0.15, -0.1) is 11.3 Å². The zero-order valence-corrected chi connectivity index (χ0v) is 12.2. The summed E-state index contributed by atoms with van der Waals surface area (Å²) in [5.74, 6) is 0.673. The number of amides is 1. The van der Waals surface area contributed by atoms with E-state index in [4.69, 9.17) is 10.5 Å². The molecule has 20 heavy (non-hydrogen) atoms. The number of thiazole rings is 1. The van der Waals surface area contributed by atoms with E-state index < -0.39 is 0 Å². The number of aromatic nitrogens is 1. The van der Waals surface area contributed by atoms with Crippen LogP contribution in [0.3, 0.4) is 0 Å². The van der Waals surface area contributed by atoms with Crippen LogP contribution in [0.5, 0.6) is 5.75 Å². The molecule has 1 aromatic heterocycles. The molecule has 0 saturated carbocycles. The summed E-state index contributed by atoms with van der Waals surface area (Å²) in [6, 6.07) is 7.50. The second kappa shape index (κ2) is 6.38. The molecule has 2 aromatic rings. The number of nitrogens with one attached hydrogen (secondary N) is 1. The number of carbonyl (C=O) groups is 1. The SMILES string of the molecule is COc1ccccc1[C@@H](C)NC(=O)Cc1csc(N)n1. The summed E-state index contributed by atoms with van der Waals surface area (Å²) in [5.41, 5.74) is 7.18. The van der Waals surface area contributed by atoms with Crippen LogP contribution < -0.4 is 15.8 Å². The van der Waals surface area contributed by atoms with Gasteiger partial charge in [0, 0.05) is 10.9 Å². The first-order chi connectivity index (χ1) is 9.60. The molecule has 1 heterocycles. The van der Waals surface area contributed by atoms with E-state index in [2.05, 4.69) is 10.3 Å². The van der Waals surface area contributed by atoms with Crippen LogP contribution in [0, 0.1) is 0 Å². The summed E-state index contributed by atoms with van der Waals surface area (Å²) in [7, 11) is 1.62. The molecule has 0 saturated heterocycles. The number of rotatable bonds is 5. The van der Waals surface area contributed by atoms with Crippen LogP contribution in [0.2, 0.25) is 0 Å². The summed E-state index contributed by atoms with van der Waals surface area (Å²) < 4.78 is 5.29. The first kappa shape index (κ1) is 14.3. The van der Waals surface area contributed by atoms with Crippen molar-refractivity contribution in [3.8, 4) is 5.75 Å². The minimum atomic E-state index is -0.130. The summed E-state index contributed by atoms with van der Waals surface area (Å²) in [5, 5.41) is 5.21. The van der Waals surface area contributed by atoms with Gasteiger partial charge in [0.05, 0.1) is 25.3 Å². The van der Waals surface area contributed by atoms with Crippen LogP contribution in [-0.4, -0.2) is 18.0 Å². The lowest BCUT2D eigenvalue weighted by molar-refractivity contribution is -0.121. The van der Waals surface area contributed by atoms with Gasteiger partial charge in [0.2, 0.25) is 5.91 Å². The maximum absolute atomic E-state index is 12.0. The quantitative estimate of drug-likeness (QED) is 0.885. The number of nitrogens with two attached hydrogens (primary N) is 1. The first-order valence-electron chi connectivity index (χ1n) is 6.22. The number of methoxy groups -OCH3 is 1. The third-order valence-corrected chi connectivity index (χ3v) is 3.62. The Morgan fingerprint density at radius 1 is 1.50 bits per heavy atom. The average molecular weight is 291 g/mol. The molecule has 106 valence electrons. The van der Waals surface area contributed by atoms with E-state index in [9.17, 15) is 4.79 Å². The van der Waals surface area contributed by atoms with Crippen LogP contribution in [-0.2, 0) is 11.2 Å². The molecule has 6 heteroatoms. The van der Waals surface area contributed by atoms with Gasteiger partial charge in [-0.05, 0) is 13.0 Å². The molecule has 0 aliphatic rings. The highest BCUT2D eigenvalue weighted by Gasteiger charge is 2.14. The van der Waals surface area contributed by atoms with Crippen molar-refractivity contribution in [3.05, 3.63) is 40.9 Å². The second-order valence-electron chi connectivity index (χ2n) is 4.39. The minimum Gasteiger partial charge on any atom is -0.496 e. The molecule has 0 radical (unpaired) electrons.